The number of amides is 1. The maximum atomic E-state index is 12.0. The molecule has 0 radical (unpaired) electrons. The molecule has 3 N–H and O–H groups in total. The summed E-state index contributed by atoms with van der Waals surface area (Å²) in [6.07, 6.45) is 2.55. The summed E-state index contributed by atoms with van der Waals surface area (Å²) in [5.74, 6) is 1.07. The second-order valence-corrected chi connectivity index (χ2v) is 6.49. The van der Waals surface area contributed by atoms with Gasteiger partial charge in [0.15, 0.2) is 0 Å². The van der Waals surface area contributed by atoms with Gasteiger partial charge in [-0.25, -0.2) is 0 Å². The van der Waals surface area contributed by atoms with Crippen molar-refractivity contribution in [2.75, 3.05) is 19.8 Å². The highest BCUT2D eigenvalue weighted by atomic mass is 16.5. The predicted molar refractivity (Wildman–Crippen MR) is 88.6 cm³/mol. The summed E-state index contributed by atoms with van der Waals surface area (Å²) in [6.45, 7) is 6.39. The second kappa shape index (κ2) is 8.30. The molecule has 2 rings (SSSR count). The standard InChI is InChI=1S/C18H28N2O2/c1-13(2)15-3-5-16(6-4-15)17(19)12-20-18(21)11-14-7-9-22-10-8-14/h3-6,13-14,17H,7-12,19H2,1-2H3,(H,20,21). The first-order chi connectivity index (χ1) is 10.6. The Kier molecular flexibility index (Phi) is 6.40. The van der Waals surface area contributed by atoms with Gasteiger partial charge in [-0.2, -0.15) is 0 Å². The Morgan fingerprint density at radius 3 is 2.41 bits per heavy atom. The van der Waals surface area contributed by atoms with Gasteiger partial charge in [-0.3, -0.25) is 4.79 Å². The summed E-state index contributed by atoms with van der Waals surface area (Å²) in [7, 11) is 0. The lowest BCUT2D eigenvalue weighted by molar-refractivity contribution is -0.122. The van der Waals surface area contributed by atoms with Crippen molar-refractivity contribution in [3.63, 3.8) is 0 Å². The molecule has 1 aliphatic heterocycles. The van der Waals surface area contributed by atoms with Gasteiger partial charge in [0.25, 0.3) is 0 Å². The van der Waals surface area contributed by atoms with Crippen LogP contribution in [-0.2, 0) is 9.53 Å². The maximum absolute atomic E-state index is 12.0. The summed E-state index contributed by atoms with van der Waals surface area (Å²) in [5.41, 5.74) is 8.54. The van der Waals surface area contributed by atoms with Crippen molar-refractivity contribution >= 4 is 5.91 Å². The molecule has 1 aromatic rings. The SMILES string of the molecule is CC(C)c1ccc(C(N)CNC(=O)CC2CCOCC2)cc1. The monoisotopic (exact) mass is 304 g/mol. The van der Waals surface area contributed by atoms with Crippen molar-refractivity contribution in [1.82, 2.24) is 5.32 Å². The third-order valence-corrected chi connectivity index (χ3v) is 4.37. The molecular formula is C18H28N2O2. The third kappa shape index (κ3) is 5.11. The highest BCUT2D eigenvalue weighted by molar-refractivity contribution is 5.76. The van der Waals surface area contributed by atoms with E-state index in [0.717, 1.165) is 31.6 Å². The Morgan fingerprint density at radius 2 is 1.82 bits per heavy atom. The molecule has 1 heterocycles. The van der Waals surface area contributed by atoms with Gasteiger partial charge in [0, 0.05) is 32.2 Å². The van der Waals surface area contributed by atoms with Gasteiger partial charge >= 0.3 is 0 Å². The summed E-state index contributed by atoms with van der Waals surface area (Å²) < 4.78 is 5.31. The summed E-state index contributed by atoms with van der Waals surface area (Å²) in [5, 5.41) is 2.96. The van der Waals surface area contributed by atoms with Crippen LogP contribution in [0.3, 0.4) is 0 Å². The van der Waals surface area contributed by atoms with Gasteiger partial charge in [0.1, 0.15) is 0 Å². The lowest BCUT2D eigenvalue weighted by Gasteiger charge is -2.22. The van der Waals surface area contributed by atoms with E-state index in [-0.39, 0.29) is 11.9 Å². The molecule has 4 nitrogen and oxygen atoms in total. The smallest absolute Gasteiger partial charge is 0.220 e. The third-order valence-electron chi connectivity index (χ3n) is 4.37. The van der Waals surface area contributed by atoms with E-state index in [1.165, 1.54) is 5.56 Å². The van der Waals surface area contributed by atoms with Gasteiger partial charge in [-0.05, 0) is 35.8 Å². The van der Waals surface area contributed by atoms with Gasteiger partial charge < -0.3 is 15.8 Å². The lowest BCUT2D eigenvalue weighted by atomic mass is 9.96. The molecule has 1 unspecified atom stereocenters. The topological polar surface area (TPSA) is 64.3 Å². The molecule has 1 fully saturated rings. The Hall–Kier alpha value is -1.39. The zero-order valence-electron chi connectivity index (χ0n) is 13.7. The summed E-state index contributed by atoms with van der Waals surface area (Å²) in [6, 6.07) is 8.20. The molecule has 1 atom stereocenters. The van der Waals surface area contributed by atoms with E-state index in [9.17, 15) is 4.79 Å². The van der Waals surface area contributed by atoms with Crippen LogP contribution < -0.4 is 11.1 Å². The first kappa shape index (κ1) is 17.0. The van der Waals surface area contributed by atoms with E-state index in [1.807, 2.05) is 0 Å². The van der Waals surface area contributed by atoms with Crippen molar-refractivity contribution < 1.29 is 9.53 Å². The van der Waals surface area contributed by atoms with E-state index >= 15 is 0 Å². The van der Waals surface area contributed by atoms with Gasteiger partial charge in [-0.15, -0.1) is 0 Å². The minimum Gasteiger partial charge on any atom is -0.381 e. The Balaban J connectivity index is 1.76. The van der Waals surface area contributed by atoms with Crippen molar-refractivity contribution in [3.8, 4) is 0 Å². The van der Waals surface area contributed by atoms with Crippen LogP contribution in [0.5, 0.6) is 0 Å². The fourth-order valence-corrected chi connectivity index (χ4v) is 2.75. The van der Waals surface area contributed by atoms with Gasteiger partial charge in [0.2, 0.25) is 5.91 Å². The molecule has 1 aliphatic rings. The molecule has 1 aromatic carbocycles. The van der Waals surface area contributed by atoms with Crippen LogP contribution in [0.2, 0.25) is 0 Å². The van der Waals surface area contributed by atoms with Gasteiger partial charge in [0.05, 0.1) is 0 Å². The molecule has 0 aliphatic carbocycles. The van der Waals surface area contributed by atoms with Crippen LogP contribution in [0, 0.1) is 5.92 Å². The number of nitrogens with one attached hydrogen (secondary N) is 1. The van der Waals surface area contributed by atoms with E-state index in [1.54, 1.807) is 0 Å². The second-order valence-electron chi connectivity index (χ2n) is 6.49. The minimum absolute atomic E-state index is 0.0983. The first-order valence-corrected chi connectivity index (χ1v) is 8.26. The van der Waals surface area contributed by atoms with E-state index < -0.39 is 0 Å². The van der Waals surface area contributed by atoms with Crippen LogP contribution in [0.1, 0.15) is 56.2 Å². The Labute approximate surface area is 133 Å². The van der Waals surface area contributed by atoms with Crippen LogP contribution >= 0.6 is 0 Å². The van der Waals surface area contributed by atoms with E-state index in [2.05, 4.69) is 43.4 Å². The van der Waals surface area contributed by atoms with Gasteiger partial charge in [-0.1, -0.05) is 38.1 Å². The number of hydrogen-bond acceptors (Lipinski definition) is 3. The molecule has 0 bridgehead atoms. The van der Waals surface area contributed by atoms with Crippen LogP contribution in [0.4, 0.5) is 0 Å². The summed E-state index contributed by atoms with van der Waals surface area (Å²) in [4.78, 5) is 12.0. The zero-order valence-corrected chi connectivity index (χ0v) is 13.7. The van der Waals surface area contributed by atoms with Crippen molar-refractivity contribution in [2.45, 2.75) is 45.1 Å². The van der Waals surface area contributed by atoms with Crippen LogP contribution in [-0.4, -0.2) is 25.7 Å². The first-order valence-electron chi connectivity index (χ1n) is 8.26. The number of ether oxygens (including phenoxy) is 1. The van der Waals surface area contributed by atoms with Crippen LogP contribution in [0.15, 0.2) is 24.3 Å². The van der Waals surface area contributed by atoms with E-state index in [0.29, 0.717) is 24.8 Å². The molecular weight excluding hydrogens is 276 g/mol. The number of rotatable bonds is 6. The minimum atomic E-state index is -0.153. The average molecular weight is 304 g/mol. The molecule has 22 heavy (non-hydrogen) atoms. The summed E-state index contributed by atoms with van der Waals surface area (Å²) >= 11 is 0. The number of hydrogen-bond donors (Lipinski definition) is 2. The van der Waals surface area contributed by atoms with Crippen LogP contribution in [0.25, 0.3) is 0 Å². The van der Waals surface area contributed by atoms with Crippen molar-refractivity contribution in [2.24, 2.45) is 11.7 Å². The molecule has 0 saturated carbocycles. The van der Waals surface area contributed by atoms with E-state index in [4.69, 9.17) is 10.5 Å². The highest BCUT2D eigenvalue weighted by Gasteiger charge is 2.17. The Morgan fingerprint density at radius 1 is 1.23 bits per heavy atom. The molecule has 0 aromatic heterocycles. The quantitative estimate of drug-likeness (QED) is 0.849. The zero-order chi connectivity index (χ0) is 15.9. The number of nitrogens with two attached hydrogens (primary N) is 1. The molecule has 1 amide bonds. The number of carbonyl (C=O) groups excluding carboxylic acids is 1. The van der Waals surface area contributed by atoms with Crippen molar-refractivity contribution in [3.05, 3.63) is 35.4 Å². The largest absolute Gasteiger partial charge is 0.381 e. The molecule has 1 saturated heterocycles. The van der Waals surface area contributed by atoms with Crippen molar-refractivity contribution in [1.29, 1.82) is 0 Å². The lowest BCUT2D eigenvalue weighted by Crippen LogP contribution is -2.33. The number of benzene rings is 1. The molecule has 122 valence electrons. The highest BCUT2D eigenvalue weighted by Crippen LogP contribution is 2.19. The number of carbonyl (C=O) groups is 1. The normalized spacial score (nSPS) is 17.5. The molecule has 0 spiro atoms. The average Bonchev–Trinajstić information content (AvgIpc) is 2.53. The molecule has 4 heteroatoms. The fourth-order valence-electron chi connectivity index (χ4n) is 2.75. The maximum Gasteiger partial charge on any atom is 0.220 e. The fraction of sp³-hybridized carbons (Fsp3) is 0.611. The Bertz CT molecular complexity index is 464. The predicted octanol–water partition coefficient (Wildman–Crippen LogP) is 2.74.